The van der Waals surface area contributed by atoms with Crippen LogP contribution in [0.1, 0.15) is 52.0 Å². The molecular weight excluding hydrogens is 466 g/mol. The fourth-order valence-electron chi connectivity index (χ4n) is 4.66. The van der Waals surface area contributed by atoms with Crippen LogP contribution < -0.4 is 5.48 Å². The number of likely N-dealkylation sites (tertiary alicyclic amines) is 1. The number of ether oxygens (including phenoxy) is 1. The molecule has 4 atom stereocenters. The summed E-state index contributed by atoms with van der Waals surface area (Å²) in [6, 6.07) is 8.37. The van der Waals surface area contributed by atoms with Crippen molar-refractivity contribution >= 4 is 23.9 Å². The number of fused-ring (bicyclic) bond motifs is 1. The highest BCUT2D eigenvalue weighted by atomic mass is 16.7. The molecule has 2 saturated heterocycles. The van der Waals surface area contributed by atoms with Crippen LogP contribution in [0.2, 0.25) is 0 Å². The second-order valence-electron chi connectivity index (χ2n) is 10.4. The van der Waals surface area contributed by atoms with E-state index in [1.165, 1.54) is 4.90 Å². The second-order valence-corrected chi connectivity index (χ2v) is 10.4. The van der Waals surface area contributed by atoms with Crippen molar-refractivity contribution in [2.45, 2.75) is 70.7 Å². The average Bonchev–Trinajstić information content (AvgIpc) is 3.08. The lowest BCUT2D eigenvalue weighted by molar-refractivity contribution is -0.203. The van der Waals surface area contributed by atoms with Crippen molar-refractivity contribution in [1.29, 1.82) is 0 Å². The predicted octanol–water partition coefficient (Wildman–Crippen LogP) is 2.89. The number of nitrogens with zero attached hydrogens (tertiary/aromatic N) is 2. The van der Waals surface area contributed by atoms with E-state index < -0.39 is 47.4 Å². The molecule has 1 aromatic rings. The van der Waals surface area contributed by atoms with Gasteiger partial charge in [-0.1, -0.05) is 42.5 Å². The van der Waals surface area contributed by atoms with Crippen LogP contribution in [0.25, 0.3) is 0 Å². The largest absolute Gasteiger partial charge is 0.444 e. The summed E-state index contributed by atoms with van der Waals surface area (Å²) in [5.41, 5.74) is 3.18. The summed E-state index contributed by atoms with van der Waals surface area (Å²) >= 11 is 0. The van der Waals surface area contributed by atoms with E-state index in [1.54, 1.807) is 20.8 Å². The van der Waals surface area contributed by atoms with Gasteiger partial charge in [0.25, 0.3) is 11.8 Å². The highest BCUT2D eigenvalue weighted by molar-refractivity contribution is 6.05. The Kier molecular flexibility index (Phi) is 7.75. The number of amides is 3. The number of hydroxylamine groups is 3. The zero-order valence-corrected chi connectivity index (χ0v) is 20.8. The Bertz CT molecular complexity index is 994. The lowest BCUT2D eigenvalue weighted by Crippen LogP contribution is -2.57. The minimum Gasteiger partial charge on any atom is -0.444 e. The van der Waals surface area contributed by atoms with E-state index in [1.807, 2.05) is 42.5 Å². The number of imide groups is 1. The number of allylic oxidation sites excluding steroid dienone is 2. The van der Waals surface area contributed by atoms with Crippen molar-refractivity contribution < 1.29 is 33.6 Å². The van der Waals surface area contributed by atoms with Gasteiger partial charge in [0.1, 0.15) is 11.6 Å². The summed E-state index contributed by atoms with van der Waals surface area (Å²) in [5, 5.41) is 0.589. The Balaban J connectivity index is 1.41. The maximum absolute atomic E-state index is 13.2. The molecule has 10 nitrogen and oxygen atoms in total. The number of rotatable bonds is 6. The first-order chi connectivity index (χ1) is 17.1. The van der Waals surface area contributed by atoms with E-state index in [4.69, 9.17) is 14.4 Å². The van der Waals surface area contributed by atoms with E-state index in [2.05, 4.69) is 5.48 Å². The lowest BCUT2D eigenvalue weighted by Gasteiger charge is -2.38. The molecule has 0 spiro atoms. The number of hydrogen-bond donors (Lipinski definition) is 1. The van der Waals surface area contributed by atoms with Crippen LogP contribution in [0.15, 0.2) is 42.5 Å². The Morgan fingerprint density at radius 3 is 2.25 bits per heavy atom. The average molecular weight is 500 g/mol. The molecule has 3 aliphatic rings. The zero-order valence-electron chi connectivity index (χ0n) is 20.8. The van der Waals surface area contributed by atoms with Crippen molar-refractivity contribution in [2.75, 3.05) is 6.54 Å². The third-order valence-corrected chi connectivity index (χ3v) is 6.46. The Labute approximate surface area is 210 Å². The molecule has 0 radical (unpaired) electrons. The van der Waals surface area contributed by atoms with Crippen LogP contribution >= 0.6 is 0 Å². The molecule has 0 bridgehead atoms. The molecule has 0 aromatic heterocycles. The molecule has 1 N–H and O–H groups in total. The maximum atomic E-state index is 13.2. The van der Waals surface area contributed by atoms with E-state index in [-0.39, 0.29) is 19.0 Å². The maximum Gasteiger partial charge on any atom is 0.411 e. The Morgan fingerprint density at radius 1 is 1.00 bits per heavy atom. The molecule has 2 aliphatic heterocycles. The van der Waals surface area contributed by atoms with Gasteiger partial charge in [0.15, 0.2) is 0 Å². The van der Waals surface area contributed by atoms with Gasteiger partial charge >= 0.3 is 12.1 Å². The molecule has 1 aliphatic carbocycles. The molecule has 0 saturated carbocycles. The molecule has 3 amide bonds. The van der Waals surface area contributed by atoms with E-state index in [9.17, 15) is 19.2 Å². The van der Waals surface area contributed by atoms with Crippen molar-refractivity contribution in [2.24, 2.45) is 11.8 Å². The molecular formula is C26H33N3O7. The van der Waals surface area contributed by atoms with Crippen molar-refractivity contribution in [3.8, 4) is 0 Å². The quantitative estimate of drug-likeness (QED) is 0.361. The van der Waals surface area contributed by atoms with Gasteiger partial charge in [0.2, 0.25) is 0 Å². The van der Waals surface area contributed by atoms with Gasteiger partial charge in [-0.05, 0) is 52.0 Å². The summed E-state index contributed by atoms with van der Waals surface area (Å²) in [5.74, 6) is -2.90. The molecule has 10 heteroatoms. The fraction of sp³-hybridized carbons (Fsp3) is 0.538. The smallest absolute Gasteiger partial charge is 0.411 e. The van der Waals surface area contributed by atoms with Crippen LogP contribution in [0.3, 0.4) is 0 Å². The van der Waals surface area contributed by atoms with Gasteiger partial charge in [-0.3, -0.25) is 19.3 Å². The number of carbonyl (C=O) groups excluding carboxylic acids is 4. The van der Waals surface area contributed by atoms with E-state index >= 15 is 0 Å². The first-order valence-electron chi connectivity index (χ1n) is 12.3. The summed E-state index contributed by atoms with van der Waals surface area (Å²) in [6.07, 6.45) is 4.66. The van der Waals surface area contributed by atoms with Crippen LogP contribution in [-0.4, -0.2) is 58.1 Å². The number of nitrogens with one attached hydrogen (secondary N) is 1. The molecule has 2 fully saturated rings. The van der Waals surface area contributed by atoms with Gasteiger partial charge < -0.3 is 9.57 Å². The molecule has 194 valence electrons. The fourth-order valence-corrected chi connectivity index (χ4v) is 4.66. The van der Waals surface area contributed by atoms with Crippen LogP contribution in [-0.2, 0) is 35.4 Å². The number of hydrogen-bond acceptors (Lipinski definition) is 8. The Morgan fingerprint density at radius 2 is 1.64 bits per heavy atom. The number of carbonyl (C=O) groups is 4. The number of piperidine rings is 1. The van der Waals surface area contributed by atoms with Crippen LogP contribution in [0.5, 0.6) is 0 Å². The SMILES string of the molecule is CC(C)(C)OC(=O)N1C[C@H](NOCc2ccccc2)CC[C@H]1C(=O)ON1C(=O)C2CC=CCC2C1=O. The lowest BCUT2D eigenvalue weighted by atomic mass is 9.85. The van der Waals surface area contributed by atoms with Crippen LogP contribution in [0.4, 0.5) is 4.79 Å². The second kappa shape index (κ2) is 10.8. The minimum absolute atomic E-state index is 0.126. The third kappa shape index (κ3) is 5.93. The van der Waals surface area contributed by atoms with Crippen LogP contribution in [0, 0.1) is 11.8 Å². The molecule has 2 heterocycles. The standard InChI is InChI=1S/C26H33N3O7/c1-26(2,3)35-25(33)28-15-18(27-34-16-17-9-5-4-6-10-17)13-14-21(28)24(32)36-29-22(30)19-11-7-8-12-20(19)23(29)31/h4-10,18-21,27H,11-16H2,1-3H3/t18-,19?,20?,21+/m1/s1. The first kappa shape index (κ1) is 25.8. The third-order valence-electron chi connectivity index (χ3n) is 6.46. The highest BCUT2D eigenvalue weighted by Gasteiger charge is 2.51. The molecule has 36 heavy (non-hydrogen) atoms. The van der Waals surface area contributed by atoms with Gasteiger partial charge in [-0.25, -0.2) is 9.59 Å². The molecule has 1 aromatic carbocycles. The monoisotopic (exact) mass is 499 g/mol. The summed E-state index contributed by atoms with van der Waals surface area (Å²) < 4.78 is 5.52. The first-order valence-corrected chi connectivity index (χ1v) is 12.3. The van der Waals surface area contributed by atoms with Gasteiger partial charge in [0, 0.05) is 6.54 Å². The summed E-state index contributed by atoms with van der Waals surface area (Å²) in [7, 11) is 0. The van der Waals surface area contributed by atoms with Gasteiger partial charge in [-0.2, -0.15) is 5.48 Å². The topological polar surface area (TPSA) is 114 Å². The van der Waals surface area contributed by atoms with E-state index in [0.717, 1.165) is 5.56 Å². The van der Waals surface area contributed by atoms with Crippen molar-refractivity contribution in [1.82, 2.24) is 15.4 Å². The minimum atomic E-state index is -1.01. The number of benzene rings is 1. The normalized spacial score (nSPS) is 26.1. The van der Waals surface area contributed by atoms with Gasteiger partial charge in [0.05, 0.1) is 24.5 Å². The predicted molar refractivity (Wildman–Crippen MR) is 127 cm³/mol. The zero-order chi connectivity index (χ0) is 25.9. The molecule has 4 rings (SSSR count). The summed E-state index contributed by atoms with van der Waals surface area (Å²) in [6.45, 7) is 5.67. The van der Waals surface area contributed by atoms with E-state index in [0.29, 0.717) is 30.9 Å². The summed E-state index contributed by atoms with van der Waals surface area (Å²) in [4.78, 5) is 63.8. The van der Waals surface area contributed by atoms with Crippen molar-refractivity contribution in [3.63, 3.8) is 0 Å². The highest BCUT2D eigenvalue weighted by Crippen LogP contribution is 2.35. The van der Waals surface area contributed by atoms with Gasteiger partial charge in [-0.15, -0.1) is 5.06 Å². The van der Waals surface area contributed by atoms with Crippen molar-refractivity contribution in [3.05, 3.63) is 48.0 Å². The molecule has 2 unspecified atom stereocenters. The Hall–Kier alpha value is -3.24.